The van der Waals surface area contributed by atoms with Crippen molar-refractivity contribution in [2.75, 3.05) is 31.6 Å². The summed E-state index contributed by atoms with van der Waals surface area (Å²) in [6.45, 7) is 14.7. The summed E-state index contributed by atoms with van der Waals surface area (Å²) < 4.78 is 0. The van der Waals surface area contributed by atoms with Crippen molar-refractivity contribution in [3.63, 3.8) is 0 Å². The third-order valence-electron chi connectivity index (χ3n) is 6.16. The highest BCUT2D eigenvalue weighted by molar-refractivity contribution is 8.00. The van der Waals surface area contributed by atoms with Crippen LogP contribution in [0, 0.1) is 17.9 Å². The first-order valence-electron chi connectivity index (χ1n) is 11.2. The van der Waals surface area contributed by atoms with E-state index >= 15 is 0 Å². The lowest BCUT2D eigenvalue weighted by Gasteiger charge is -2.27. The number of benzene rings is 1. The molecule has 1 aliphatic rings. The van der Waals surface area contributed by atoms with Crippen LogP contribution in [-0.2, 0) is 11.2 Å². The van der Waals surface area contributed by atoms with Gasteiger partial charge in [-0.15, -0.1) is 0 Å². The topological polar surface area (TPSA) is 90.6 Å². The fourth-order valence-corrected chi connectivity index (χ4v) is 5.31. The Morgan fingerprint density at radius 2 is 2.18 bits per heavy atom. The number of pyridine rings is 1. The lowest BCUT2D eigenvalue weighted by Crippen LogP contribution is -2.35. The maximum Gasteiger partial charge on any atom is 0.235 e. The van der Waals surface area contributed by atoms with Crippen molar-refractivity contribution >= 4 is 29.2 Å². The van der Waals surface area contributed by atoms with Gasteiger partial charge in [-0.3, -0.25) is 9.69 Å². The molecular weight excluding hydrogens is 432 g/mol. The van der Waals surface area contributed by atoms with Crippen LogP contribution in [0.5, 0.6) is 0 Å². The minimum atomic E-state index is -0.682. The van der Waals surface area contributed by atoms with E-state index in [0.717, 1.165) is 25.2 Å². The van der Waals surface area contributed by atoms with Gasteiger partial charge in [-0.2, -0.15) is 5.26 Å². The summed E-state index contributed by atoms with van der Waals surface area (Å²) in [6.07, 6.45) is 2.94. The molecule has 1 unspecified atom stereocenters. The van der Waals surface area contributed by atoms with Crippen LogP contribution in [0.2, 0.25) is 0 Å². The molecule has 2 aromatic rings. The number of aromatic nitrogens is 1. The summed E-state index contributed by atoms with van der Waals surface area (Å²) in [4.78, 5) is 25.3. The first-order valence-corrected chi connectivity index (χ1v) is 12.1. The Bertz CT molecular complexity index is 1080. The highest BCUT2D eigenvalue weighted by Crippen LogP contribution is 2.42. The average molecular weight is 463 g/mol. The number of nitriles is 1. The number of hydrogen-bond acceptors (Lipinski definition) is 6. The zero-order valence-corrected chi connectivity index (χ0v) is 20.2. The monoisotopic (exact) mass is 462 g/mol. The minimum absolute atomic E-state index is 0.348. The van der Waals surface area contributed by atoms with E-state index in [1.54, 1.807) is 0 Å². The number of carbonyl (C=O) groups is 1. The van der Waals surface area contributed by atoms with E-state index in [4.69, 9.17) is 17.3 Å². The van der Waals surface area contributed by atoms with Crippen LogP contribution in [0.15, 0.2) is 35.4 Å². The second-order valence-corrected chi connectivity index (χ2v) is 9.37. The molecular formula is C25H30N6OS. The molecule has 3 rings (SSSR count). The quantitative estimate of drug-likeness (QED) is 0.441. The predicted molar refractivity (Wildman–Crippen MR) is 132 cm³/mol. The van der Waals surface area contributed by atoms with Crippen molar-refractivity contribution in [2.45, 2.75) is 49.4 Å². The molecule has 0 spiro atoms. The van der Waals surface area contributed by atoms with Crippen molar-refractivity contribution in [3.05, 3.63) is 58.4 Å². The number of amides is 1. The van der Waals surface area contributed by atoms with Crippen LogP contribution in [0.4, 0.5) is 11.5 Å². The normalized spacial score (nSPS) is 16.7. The Hall–Kier alpha value is -3.07. The van der Waals surface area contributed by atoms with Crippen LogP contribution in [0.3, 0.4) is 0 Å². The predicted octanol–water partition coefficient (Wildman–Crippen LogP) is 4.31. The summed E-state index contributed by atoms with van der Waals surface area (Å²) in [5, 5.41) is 9.69. The van der Waals surface area contributed by atoms with Gasteiger partial charge in [-0.1, -0.05) is 49.0 Å². The van der Waals surface area contributed by atoms with Gasteiger partial charge in [0, 0.05) is 26.2 Å². The molecule has 1 aromatic carbocycles. The molecule has 1 fully saturated rings. The fraction of sp³-hybridized carbons (Fsp3) is 0.440. The van der Waals surface area contributed by atoms with Gasteiger partial charge in [-0.05, 0) is 43.9 Å². The SMILES string of the molecule is [C-]#[N+]c1c(N(C)CCN2CCC[C@H]2C)nc(SC(C(N)=O)c2ccccc2)c(C#N)c1CC. The van der Waals surface area contributed by atoms with Crippen LogP contribution in [0.1, 0.15) is 48.6 Å². The number of nitrogens with two attached hydrogens (primary N) is 1. The summed E-state index contributed by atoms with van der Waals surface area (Å²) in [5.74, 6) is 0.0496. The number of hydrogen-bond donors (Lipinski definition) is 1. The molecule has 1 aromatic heterocycles. The second kappa shape index (κ2) is 11.2. The molecule has 8 heteroatoms. The van der Waals surface area contributed by atoms with Gasteiger partial charge in [0.1, 0.15) is 22.2 Å². The Morgan fingerprint density at radius 3 is 2.73 bits per heavy atom. The van der Waals surface area contributed by atoms with Crippen molar-refractivity contribution < 1.29 is 4.79 Å². The van der Waals surface area contributed by atoms with E-state index in [9.17, 15) is 10.1 Å². The van der Waals surface area contributed by atoms with Gasteiger partial charge < -0.3 is 10.6 Å². The number of primary amides is 1. The van der Waals surface area contributed by atoms with E-state index in [1.165, 1.54) is 24.6 Å². The van der Waals surface area contributed by atoms with Gasteiger partial charge in [0.05, 0.1) is 12.1 Å². The Kier molecular flexibility index (Phi) is 8.32. The maximum atomic E-state index is 12.3. The summed E-state index contributed by atoms with van der Waals surface area (Å²) in [5.41, 5.74) is 7.90. The number of likely N-dealkylation sites (tertiary alicyclic amines) is 1. The van der Waals surface area contributed by atoms with Gasteiger partial charge in [-0.25, -0.2) is 9.83 Å². The summed E-state index contributed by atoms with van der Waals surface area (Å²) in [6, 6.07) is 12.0. The van der Waals surface area contributed by atoms with Crippen molar-refractivity contribution in [3.8, 4) is 6.07 Å². The van der Waals surface area contributed by atoms with E-state index in [-0.39, 0.29) is 0 Å². The fourth-order valence-electron chi connectivity index (χ4n) is 4.26. The third kappa shape index (κ3) is 5.47. The molecule has 1 amide bonds. The molecule has 0 bridgehead atoms. The van der Waals surface area contributed by atoms with E-state index in [0.29, 0.717) is 40.1 Å². The number of thioether (sulfide) groups is 1. The smallest absolute Gasteiger partial charge is 0.235 e. The number of likely N-dealkylation sites (N-methyl/N-ethyl adjacent to an activating group) is 1. The standard InChI is InChI=1S/C25H30N6OS/c1-5-19-20(16-26)25(33-22(23(27)32)18-11-7-6-8-12-18)29-24(21(19)28-3)30(4)14-15-31-13-9-10-17(31)2/h6-8,11-12,17,22H,5,9-10,13-15H2,1-2,4H3,(H2,27,32)/t17-,22?/m1/s1. The molecule has 0 aliphatic carbocycles. The van der Waals surface area contributed by atoms with Crippen molar-refractivity contribution in [1.29, 1.82) is 5.26 Å². The minimum Gasteiger partial charge on any atom is -0.368 e. The molecule has 1 saturated heterocycles. The zero-order valence-electron chi connectivity index (χ0n) is 19.4. The maximum absolute atomic E-state index is 12.3. The number of anilines is 1. The second-order valence-electron chi connectivity index (χ2n) is 8.28. The first-order chi connectivity index (χ1) is 15.9. The average Bonchev–Trinajstić information content (AvgIpc) is 3.24. The Balaban J connectivity index is 2.00. The number of carbonyl (C=O) groups excluding carboxylic acids is 1. The van der Waals surface area contributed by atoms with Crippen LogP contribution < -0.4 is 10.6 Å². The molecule has 7 nitrogen and oxygen atoms in total. The molecule has 2 heterocycles. The zero-order chi connectivity index (χ0) is 24.0. The lowest BCUT2D eigenvalue weighted by molar-refractivity contribution is -0.117. The molecule has 1 aliphatic heterocycles. The van der Waals surface area contributed by atoms with Crippen molar-refractivity contribution in [1.82, 2.24) is 9.88 Å². The summed E-state index contributed by atoms with van der Waals surface area (Å²) in [7, 11) is 1.93. The Morgan fingerprint density at radius 1 is 1.45 bits per heavy atom. The number of rotatable bonds is 9. The third-order valence-corrected chi connectivity index (χ3v) is 7.42. The van der Waals surface area contributed by atoms with Gasteiger partial charge in [0.15, 0.2) is 0 Å². The van der Waals surface area contributed by atoms with Gasteiger partial charge in [0.25, 0.3) is 0 Å². The van der Waals surface area contributed by atoms with E-state index < -0.39 is 11.2 Å². The molecule has 2 N–H and O–H groups in total. The van der Waals surface area contributed by atoms with Gasteiger partial charge >= 0.3 is 0 Å². The highest BCUT2D eigenvalue weighted by atomic mass is 32.2. The lowest BCUT2D eigenvalue weighted by atomic mass is 10.1. The van der Waals surface area contributed by atoms with E-state index in [2.05, 4.69) is 22.7 Å². The van der Waals surface area contributed by atoms with E-state index in [1.807, 2.05) is 49.2 Å². The van der Waals surface area contributed by atoms with Crippen LogP contribution >= 0.6 is 11.8 Å². The van der Waals surface area contributed by atoms with Crippen LogP contribution in [-0.4, -0.2) is 48.5 Å². The van der Waals surface area contributed by atoms with Crippen LogP contribution in [0.25, 0.3) is 4.85 Å². The highest BCUT2D eigenvalue weighted by Gasteiger charge is 2.27. The van der Waals surface area contributed by atoms with Gasteiger partial charge in [0.2, 0.25) is 11.6 Å². The molecule has 2 atom stereocenters. The molecule has 172 valence electrons. The van der Waals surface area contributed by atoms with Crippen molar-refractivity contribution in [2.24, 2.45) is 5.73 Å². The Labute approximate surface area is 200 Å². The number of nitrogens with zero attached hydrogens (tertiary/aromatic N) is 5. The largest absolute Gasteiger partial charge is 0.368 e. The summed E-state index contributed by atoms with van der Waals surface area (Å²) >= 11 is 1.18. The molecule has 0 radical (unpaired) electrons. The molecule has 33 heavy (non-hydrogen) atoms. The molecule has 0 saturated carbocycles. The first kappa shape index (κ1) is 24.6.